The Morgan fingerprint density at radius 2 is 1.80 bits per heavy atom. The molecule has 4 heteroatoms. The molecule has 1 saturated carbocycles. The summed E-state index contributed by atoms with van der Waals surface area (Å²) >= 11 is 0. The standard InChI is InChI=1S/C11H12F2O2/c12-8-4-3-7(5-9(8)13)11(15)10(14)6-1-2-6/h3-6,10-11,14-15H,1-2H2. The third kappa shape index (κ3) is 2.16. The number of aliphatic hydroxyl groups is 2. The second kappa shape index (κ2) is 3.87. The average Bonchev–Trinajstić information content (AvgIpc) is 3.03. The lowest BCUT2D eigenvalue weighted by Crippen LogP contribution is -2.20. The Hall–Kier alpha value is -1.00. The van der Waals surface area contributed by atoms with E-state index in [1.165, 1.54) is 6.07 Å². The van der Waals surface area contributed by atoms with Gasteiger partial charge in [0.1, 0.15) is 6.10 Å². The molecule has 2 N–H and O–H groups in total. The van der Waals surface area contributed by atoms with E-state index < -0.39 is 23.8 Å². The van der Waals surface area contributed by atoms with E-state index >= 15 is 0 Å². The van der Waals surface area contributed by atoms with Crippen LogP contribution in [0.15, 0.2) is 18.2 Å². The van der Waals surface area contributed by atoms with E-state index in [2.05, 4.69) is 0 Å². The van der Waals surface area contributed by atoms with Gasteiger partial charge in [-0.3, -0.25) is 0 Å². The third-order valence-corrected chi connectivity index (χ3v) is 2.71. The van der Waals surface area contributed by atoms with Gasteiger partial charge >= 0.3 is 0 Å². The maximum Gasteiger partial charge on any atom is 0.159 e. The van der Waals surface area contributed by atoms with E-state index in [0.29, 0.717) is 0 Å². The molecule has 2 unspecified atom stereocenters. The van der Waals surface area contributed by atoms with Gasteiger partial charge in [-0.25, -0.2) is 8.78 Å². The van der Waals surface area contributed by atoms with Crippen molar-refractivity contribution in [3.05, 3.63) is 35.4 Å². The van der Waals surface area contributed by atoms with Crippen LogP contribution in [0.1, 0.15) is 24.5 Å². The fraction of sp³-hybridized carbons (Fsp3) is 0.455. The highest BCUT2D eigenvalue weighted by Gasteiger charge is 2.35. The molecule has 0 aromatic heterocycles. The maximum absolute atomic E-state index is 12.9. The largest absolute Gasteiger partial charge is 0.390 e. The fourth-order valence-corrected chi connectivity index (χ4v) is 1.59. The van der Waals surface area contributed by atoms with Crippen molar-refractivity contribution in [3.8, 4) is 0 Å². The van der Waals surface area contributed by atoms with Crippen LogP contribution in [0.4, 0.5) is 8.78 Å². The van der Waals surface area contributed by atoms with E-state index in [1.54, 1.807) is 0 Å². The highest BCUT2D eigenvalue weighted by molar-refractivity contribution is 5.21. The molecule has 2 rings (SSSR count). The van der Waals surface area contributed by atoms with Gasteiger partial charge in [0.2, 0.25) is 0 Å². The van der Waals surface area contributed by atoms with Crippen LogP contribution in [0.2, 0.25) is 0 Å². The smallest absolute Gasteiger partial charge is 0.159 e. The highest BCUT2D eigenvalue weighted by atomic mass is 19.2. The van der Waals surface area contributed by atoms with E-state index in [1.807, 2.05) is 0 Å². The summed E-state index contributed by atoms with van der Waals surface area (Å²) in [6.07, 6.45) is -0.258. The van der Waals surface area contributed by atoms with Gasteiger partial charge in [-0.15, -0.1) is 0 Å². The zero-order chi connectivity index (χ0) is 11.0. The molecule has 82 valence electrons. The Morgan fingerprint density at radius 1 is 1.13 bits per heavy atom. The summed E-state index contributed by atoms with van der Waals surface area (Å²) in [7, 11) is 0. The predicted octanol–water partition coefficient (Wildman–Crippen LogP) is 1.77. The lowest BCUT2D eigenvalue weighted by Gasteiger charge is -2.17. The molecule has 0 radical (unpaired) electrons. The van der Waals surface area contributed by atoms with Crippen molar-refractivity contribution in [2.24, 2.45) is 5.92 Å². The molecule has 15 heavy (non-hydrogen) atoms. The van der Waals surface area contributed by atoms with Crippen LogP contribution in [-0.4, -0.2) is 16.3 Å². The number of aliphatic hydroxyl groups excluding tert-OH is 2. The summed E-state index contributed by atoms with van der Waals surface area (Å²) in [4.78, 5) is 0. The Kier molecular flexibility index (Phi) is 2.71. The minimum Gasteiger partial charge on any atom is -0.390 e. The van der Waals surface area contributed by atoms with Gasteiger partial charge in [-0.1, -0.05) is 6.07 Å². The first-order chi connectivity index (χ1) is 7.09. The van der Waals surface area contributed by atoms with Crippen LogP contribution >= 0.6 is 0 Å². The number of hydrogen-bond donors (Lipinski definition) is 2. The van der Waals surface area contributed by atoms with Crippen molar-refractivity contribution in [2.75, 3.05) is 0 Å². The highest BCUT2D eigenvalue weighted by Crippen LogP contribution is 2.38. The predicted molar refractivity (Wildman–Crippen MR) is 50.0 cm³/mol. The summed E-state index contributed by atoms with van der Waals surface area (Å²) in [5, 5.41) is 19.3. The van der Waals surface area contributed by atoms with Gasteiger partial charge in [-0.05, 0) is 36.5 Å². The van der Waals surface area contributed by atoms with Crippen LogP contribution in [0.3, 0.4) is 0 Å². The number of halogens is 2. The third-order valence-electron chi connectivity index (χ3n) is 2.71. The molecule has 1 aliphatic carbocycles. The lowest BCUT2D eigenvalue weighted by atomic mass is 10.0. The number of hydrogen-bond acceptors (Lipinski definition) is 2. The summed E-state index contributed by atoms with van der Waals surface area (Å²) in [6, 6.07) is 3.16. The van der Waals surface area contributed by atoms with Crippen LogP contribution in [-0.2, 0) is 0 Å². The summed E-state index contributed by atoms with van der Waals surface area (Å²) < 4.78 is 25.5. The topological polar surface area (TPSA) is 40.5 Å². The van der Waals surface area contributed by atoms with Crippen molar-refractivity contribution < 1.29 is 19.0 Å². The monoisotopic (exact) mass is 214 g/mol. The van der Waals surface area contributed by atoms with Crippen LogP contribution in [0.25, 0.3) is 0 Å². The molecule has 0 bridgehead atoms. The first-order valence-electron chi connectivity index (χ1n) is 4.90. The molecule has 0 saturated heterocycles. The molecule has 1 aromatic rings. The minimum absolute atomic E-state index is 0.0908. The zero-order valence-corrected chi connectivity index (χ0v) is 8.03. The minimum atomic E-state index is -1.13. The molecule has 2 atom stereocenters. The van der Waals surface area contributed by atoms with Crippen molar-refractivity contribution in [3.63, 3.8) is 0 Å². The summed E-state index contributed by atoms with van der Waals surface area (Å²) in [5.74, 6) is -1.87. The van der Waals surface area contributed by atoms with Gasteiger partial charge in [0.15, 0.2) is 11.6 Å². The van der Waals surface area contributed by atoms with Crippen molar-refractivity contribution in [2.45, 2.75) is 25.0 Å². The molecule has 0 heterocycles. The Labute approximate surface area is 86.2 Å². The van der Waals surface area contributed by atoms with Crippen molar-refractivity contribution in [1.29, 1.82) is 0 Å². The van der Waals surface area contributed by atoms with E-state index in [4.69, 9.17) is 0 Å². The van der Waals surface area contributed by atoms with E-state index in [0.717, 1.165) is 25.0 Å². The maximum atomic E-state index is 12.9. The summed E-state index contributed by atoms with van der Waals surface area (Å²) in [5.41, 5.74) is 0.216. The Bertz CT molecular complexity index is 364. The quantitative estimate of drug-likeness (QED) is 0.805. The molecule has 0 spiro atoms. The first-order valence-corrected chi connectivity index (χ1v) is 4.90. The number of benzene rings is 1. The molecule has 1 aromatic carbocycles. The van der Waals surface area contributed by atoms with Gasteiger partial charge in [0, 0.05) is 0 Å². The van der Waals surface area contributed by atoms with E-state index in [-0.39, 0.29) is 11.5 Å². The van der Waals surface area contributed by atoms with Crippen molar-refractivity contribution >= 4 is 0 Å². The summed E-state index contributed by atoms with van der Waals surface area (Å²) in [6.45, 7) is 0. The zero-order valence-electron chi connectivity index (χ0n) is 8.03. The molecule has 1 aliphatic rings. The second-order valence-electron chi connectivity index (χ2n) is 3.95. The van der Waals surface area contributed by atoms with Crippen LogP contribution < -0.4 is 0 Å². The van der Waals surface area contributed by atoms with Crippen LogP contribution in [0, 0.1) is 17.6 Å². The molecular formula is C11H12F2O2. The average molecular weight is 214 g/mol. The SMILES string of the molecule is OC(c1ccc(F)c(F)c1)C(O)C1CC1. The van der Waals surface area contributed by atoms with Gasteiger partial charge in [-0.2, -0.15) is 0 Å². The first kappa shape index (κ1) is 10.5. The Morgan fingerprint density at radius 3 is 2.33 bits per heavy atom. The molecular weight excluding hydrogens is 202 g/mol. The van der Waals surface area contributed by atoms with Crippen LogP contribution in [0.5, 0.6) is 0 Å². The van der Waals surface area contributed by atoms with E-state index in [9.17, 15) is 19.0 Å². The number of rotatable bonds is 3. The van der Waals surface area contributed by atoms with Crippen molar-refractivity contribution in [1.82, 2.24) is 0 Å². The Balaban J connectivity index is 2.17. The van der Waals surface area contributed by atoms with Gasteiger partial charge in [0.05, 0.1) is 6.10 Å². The van der Waals surface area contributed by atoms with Gasteiger partial charge < -0.3 is 10.2 Å². The normalized spacial score (nSPS) is 20.0. The lowest BCUT2D eigenvalue weighted by molar-refractivity contribution is 0.00464. The molecule has 1 fully saturated rings. The second-order valence-corrected chi connectivity index (χ2v) is 3.95. The van der Waals surface area contributed by atoms with Gasteiger partial charge in [0.25, 0.3) is 0 Å². The molecule has 0 aliphatic heterocycles. The molecule has 2 nitrogen and oxygen atoms in total. The fourth-order valence-electron chi connectivity index (χ4n) is 1.59. The molecule has 0 amide bonds.